The van der Waals surface area contributed by atoms with E-state index in [-0.39, 0.29) is 5.91 Å². The van der Waals surface area contributed by atoms with Crippen molar-refractivity contribution in [3.05, 3.63) is 38.7 Å². The minimum absolute atomic E-state index is 0.255. The lowest BCUT2D eigenvalue weighted by Crippen LogP contribution is -2.12. The molecule has 6 heteroatoms. The third kappa shape index (κ3) is 2.47. The summed E-state index contributed by atoms with van der Waals surface area (Å²) in [4.78, 5) is 16.5. The molecule has 0 aliphatic rings. The highest BCUT2D eigenvalue weighted by Gasteiger charge is 2.15. The van der Waals surface area contributed by atoms with Gasteiger partial charge in [0.15, 0.2) is 0 Å². The second-order valence-corrected chi connectivity index (χ2v) is 5.20. The van der Waals surface area contributed by atoms with Crippen molar-refractivity contribution in [2.45, 2.75) is 13.8 Å². The molecule has 0 fully saturated rings. The third-order valence-electron chi connectivity index (χ3n) is 2.50. The molecule has 2 rings (SSSR count). The largest absolute Gasteiger partial charge is 0.397 e. The van der Waals surface area contributed by atoms with E-state index in [1.165, 1.54) is 17.5 Å². The van der Waals surface area contributed by atoms with Gasteiger partial charge in [0.25, 0.3) is 5.91 Å². The number of halogens is 1. The number of nitrogen functional groups attached to an aromatic ring is 1. The van der Waals surface area contributed by atoms with E-state index in [1.54, 1.807) is 6.07 Å². The minimum Gasteiger partial charge on any atom is -0.397 e. The molecule has 2 aromatic rings. The molecule has 0 saturated carbocycles. The van der Waals surface area contributed by atoms with Gasteiger partial charge in [-0.05, 0) is 36.4 Å². The number of nitrogens with zero attached hydrogens (tertiary/aromatic N) is 1. The van der Waals surface area contributed by atoms with Gasteiger partial charge in [0.05, 0.1) is 16.9 Å². The van der Waals surface area contributed by atoms with Crippen LogP contribution in [0.15, 0.2) is 17.6 Å². The van der Waals surface area contributed by atoms with E-state index in [0.29, 0.717) is 21.4 Å². The molecule has 0 unspecified atom stereocenters. The maximum absolute atomic E-state index is 12.0. The maximum Gasteiger partial charge on any atom is 0.268 e. The molecule has 0 bridgehead atoms. The molecule has 3 N–H and O–H groups in total. The van der Waals surface area contributed by atoms with E-state index >= 15 is 0 Å². The van der Waals surface area contributed by atoms with Crippen LogP contribution >= 0.6 is 22.9 Å². The van der Waals surface area contributed by atoms with Gasteiger partial charge in [-0.25, -0.2) is 4.98 Å². The molecule has 0 radical (unpaired) electrons. The number of nitrogens with two attached hydrogens (primary N) is 1. The first-order valence-corrected chi connectivity index (χ1v) is 6.52. The van der Waals surface area contributed by atoms with Crippen molar-refractivity contribution in [3.63, 3.8) is 0 Å². The summed E-state index contributed by atoms with van der Waals surface area (Å²) in [6, 6.07) is 1.72. The molecule has 0 saturated heterocycles. The van der Waals surface area contributed by atoms with Crippen LogP contribution in [0.5, 0.6) is 0 Å². The highest BCUT2D eigenvalue weighted by molar-refractivity contribution is 7.13. The van der Waals surface area contributed by atoms with E-state index < -0.39 is 0 Å². The summed E-state index contributed by atoms with van der Waals surface area (Å²) in [5, 5.41) is 5.04. The van der Waals surface area contributed by atoms with Crippen LogP contribution < -0.4 is 11.1 Å². The Balaban J connectivity index is 2.21. The van der Waals surface area contributed by atoms with Crippen molar-refractivity contribution in [2.24, 2.45) is 0 Å². The zero-order chi connectivity index (χ0) is 13.3. The second-order valence-electron chi connectivity index (χ2n) is 3.94. The number of carbonyl (C=O) groups excluding carboxylic acids is 1. The Labute approximate surface area is 114 Å². The molecule has 4 nitrogen and oxygen atoms in total. The summed E-state index contributed by atoms with van der Waals surface area (Å²) in [6.07, 6.45) is 1.52. The normalized spacial score (nSPS) is 10.4. The quantitative estimate of drug-likeness (QED) is 0.888. The number of hydrogen-bond acceptors (Lipinski definition) is 4. The monoisotopic (exact) mass is 281 g/mol. The van der Waals surface area contributed by atoms with Crippen LogP contribution in [0.2, 0.25) is 5.02 Å². The summed E-state index contributed by atoms with van der Waals surface area (Å²) < 4.78 is 0. The number of hydrogen-bond donors (Lipinski definition) is 2. The minimum atomic E-state index is -0.255. The Morgan fingerprint density at radius 2 is 2.17 bits per heavy atom. The van der Waals surface area contributed by atoms with Crippen molar-refractivity contribution >= 4 is 40.4 Å². The molecule has 0 aliphatic carbocycles. The lowest BCUT2D eigenvalue weighted by atomic mass is 10.2. The Hall–Kier alpha value is -1.59. The molecular formula is C12H12ClN3OS. The Morgan fingerprint density at radius 1 is 1.44 bits per heavy atom. The molecule has 0 aromatic carbocycles. The molecular weight excluding hydrogens is 270 g/mol. The Kier molecular flexibility index (Phi) is 3.54. The van der Waals surface area contributed by atoms with Crippen LogP contribution in [0, 0.1) is 13.8 Å². The fourth-order valence-corrected chi connectivity index (χ4v) is 2.56. The summed E-state index contributed by atoms with van der Waals surface area (Å²) in [6.45, 7) is 3.72. The average Bonchev–Trinajstić information content (AvgIpc) is 2.65. The van der Waals surface area contributed by atoms with E-state index in [9.17, 15) is 4.79 Å². The van der Waals surface area contributed by atoms with Gasteiger partial charge in [0.1, 0.15) is 10.7 Å². The number of aromatic nitrogens is 1. The SMILES string of the molecule is Cc1cc(NC(=O)c2scc(C)c2Cl)ncc1N. The fraction of sp³-hybridized carbons (Fsp3) is 0.167. The number of thiophene rings is 1. The van der Waals surface area contributed by atoms with Crippen LogP contribution in [0.4, 0.5) is 11.5 Å². The van der Waals surface area contributed by atoms with Crippen molar-refractivity contribution in [3.8, 4) is 0 Å². The van der Waals surface area contributed by atoms with Crippen molar-refractivity contribution in [1.29, 1.82) is 0 Å². The van der Waals surface area contributed by atoms with Gasteiger partial charge in [-0.1, -0.05) is 11.6 Å². The van der Waals surface area contributed by atoms with E-state index in [2.05, 4.69) is 10.3 Å². The first-order valence-electron chi connectivity index (χ1n) is 5.26. The number of nitrogens with one attached hydrogen (secondary N) is 1. The van der Waals surface area contributed by atoms with Gasteiger partial charge >= 0.3 is 0 Å². The van der Waals surface area contributed by atoms with Gasteiger partial charge in [0.2, 0.25) is 0 Å². The second kappa shape index (κ2) is 4.96. The number of aryl methyl sites for hydroxylation is 2. The molecule has 2 heterocycles. The maximum atomic E-state index is 12.0. The molecule has 18 heavy (non-hydrogen) atoms. The number of anilines is 2. The average molecular weight is 282 g/mol. The third-order valence-corrected chi connectivity index (χ3v) is 4.19. The van der Waals surface area contributed by atoms with Gasteiger partial charge in [0, 0.05) is 0 Å². The summed E-state index contributed by atoms with van der Waals surface area (Å²) in [7, 11) is 0. The number of rotatable bonds is 2. The van der Waals surface area contributed by atoms with Crippen LogP contribution in [0.3, 0.4) is 0 Å². The Morgan fingerprint density at radius 3 is 2.72 bits per heavy atom. The van der Waals surface area contributed by atoms with Gasteiger partial charge in [-0.15, -0.1) is 11.3 Å². The fourth-order valence-electron chi connectivity index (χ4n) is 1.39. The summed E-state index contributed by atoms with van der Waals surface area (Å²) in [5.74, 6) is 0.212. The van der Waals surface area contributed by atoms with Crippen molar-refractivity contribution in [1.82, 2.24) is 4.98 Å². The molecule has 0 spiro atoms. The first kappa shape index (κ1) is 12.9. The molecule has 0 aliphatic heterocycles. The van der Waals surface area contributed by atoms with Crippen LogP contribution in [-0.2, 0) is 0 Å². The topological polar surface area (TPSA) is 68.0 Å². The van der Waals surface area contributed by atoms with E-state index in [0.717, 1.165) is 11.1 Å². The standard InChI is InChI=1S/C12H12ClN3OS/c1-6-3-9(15-4-8(6)14)16-12(17)11-10(13)7(2)5-18-11/h3-5H,14H2,1-2H3,(H,15,16,17). The van der Waals surface area contributed by atoms with Crippen LogP contribution in [0.25, 0.3) is 0 Å². The predicted molar refractivity (Wildman–Crippen MR) is 75.4 cm³/mol. The van der Waals surface area contributed by atoms with Gasteiger partial charge in [-0.2, -0.15) is 0 Å². The number of pyridine rings is 1. The molecule has 1 amide bonds. The lowest BCUT2D eigenvalue weighted by molar-refractivity contribution is 0.103. The van der Waals surface area contributed by atoms with E-state index in [4.69, 9.17) is 17.3 Å². The highest BCUT2D eigenvalue weighted by Crippen LogP contribution is 2.27. The lowest BCUT2D eigenvalue weighted by Gasteiger charge is -2.05. The first-order chi connectivity index (χ1) is 8.49. The molecule has 0 atom stereocenters. The zero-order valence-electron chi connectivity index (χ0n) is 9.95. The molecule has 94 valence electrons. The molecule has 2 aromatic heterocycles. The van der Waals surface area contributed by atoms with Crippen molar-refractivity contribution < 1.29 is 4.79 Å². The smallest absolute Gasteiger partial charge is 0.268 e. The van der Waals surface area contributed by atoms with Crippen LogP contribution in [0.1, 0.15) is 20.8 Å². The highest BCUT2D eigenvalue weighted by atomic mass is 35.5. The van der Waals surface area contributed by atoms with Gasteiger partial charge < -0.3 is 11.1 Å². The van der Waals surface area contributed by atoms with Crippen LogP contribution in [-0.4, -0.2) is 10.9 Å². The van der Waals surface area contributed by atoms with Crippen molar-refractivity contribution in [2.75, 3.05) is 11.1 Å². The van der Waals surface area contributed by atoms with Gasteiger partial charge in [-0.3, -0.25) is 4.79 Å². The predicted octanol–water partition coefficient (Wildman–Crippen LogP) is 3.25. The summed E-state index contributed by atoms with van der Waals surface area (Å²) >= 11 is 7.35. The van der Waals surface area contributed by atoms with E-state index in [1.807, 2.05) is 19.2 Å². The number of amides is 1. The number of carbonyl (C=O) groups is 1. The Bertz CT molecular complexity index is 609. The zero-order valence-corrected chi connectivity index (χ0v) is 11.5. The summed E-state index contributed by atoms with van der Waals surface area (Å²) in [5.41, 5.74) is 8.02.